The molecule has 2 rings (SSSR count). The molecule has 0 radical (unpaired) electrons. The molecule has 1 heterocycles. The second-order valence-corrected chi connectivity index (χ2v) is 3.72. The van der Waals surface area contributed by atoms with Crippen molar-refractivity contribution >= 4 is 11.4 Å². The minimum absolute atomic E-state index is 0.415. The van der Waals surface area contributed by atoms with E-state index in [0.717, 1.165) is 13.1 Å². The van der Waals surface area contributed by atoms with Crippen molar-refractivity contribution in [3.63, 3.8) is 0 Å². The van der Waals surface area contributed by atoms with Crippen LogP contribution in [-0.2, 0) is 0 Å². The maximum Gasteiger partial charge on any atom is 0.0605 e. The van der Waals surface area contributed by atoms with E-state index in [-0.39, 0.29) is 0 Å². The van der Waals surface area contributed by atoms with Gasteiger partial charge in [0, 0.05) is 25.7 Å². The average molecular weight is 191 g/mol. The molecule has 0 fully saturated rings. The van der Waals surface area contributed by atoms with Crippen molar-refractivity contribution in [2.75, 3.05) is 29.9 Å². The van der Waals surface area contributed by atoms with Crippen molar-refractivity contribution in [3.05, 3.63) is 24.3 Å². The first kappa shape index (κ1) is 9.34. The summed E-state index contributed by atoms with van der Waals surface area (Å²) in [5, 5.41) is 3.39. The molecular weight excluding hydrogens is 174 g/mol. The van der Waals surface area contributed by atoms with Crippen LogP contribution in [0.15, 0.2) is 24.3 Å². The van der Waals surface area contributed by atoms with Gasteiger partial charge in [-0.1, -0.05) is 12.1 Å². The van der Waals surface area contributed by atoms with Gasteiger partial charge in [-0.2, -0.15) is 0 Å². The number of hydrogen-bond acceptors (Lipinski definition) is 3. The SMILES string of the molecule is CC(CN)N1CCNc2ccccc21. The Labute approximate surface area is 84.9 Å². The van der Waals surface area contributed by atoms with Crippen LogP contribution in [0.25, 0.3) is 0 Å². The van der Waals surface area contributed by atoms with E-state index >= 15 is 0 Å². The third-order valence-corrected chi connectivity index (χ3v) is 2.75. The Hall–Kier alpha value is -1.22. The third-order valence-electron chi connectivity index (χ3n) is 2.75. The number of anilines is 2. The van der Waals surface area contributed by atoms with Crippen LogP contribution in [0.5, 0.6) is 0 Å². The predicted octanol–water partition coefficient (Wildman–Crippen LogP) is 1.27. The standard InChI is InChI=1S/C11H17N3/c1-9(8-12)14-7-6-13-10-4-2-3-5-11(10)14/h2-5,9,13H,6-8,12H2,1H3. The lowest BCUT2D eigenvalue weighted by atomic mass is 10.1. The lowest BCUT2D eigenvalue weighted by Crippen LogP contribution is -2.43. The Morgan fingerprint density at radius 1 is 1.50 bits per heavy atom. The zero-order valence-electron chi connectivity index (χ0n) is 8.53. The number of fused-ring (bicyclic) bond motifs is 1. The van der Waals surface area contributed by atoms with Gasteiger partial charge in [0.15, 0.2) is 0 Å². The smallest absolute Gasteiger partial charge is 0.0605 e. The van der Waals surface area contributed by atoms with Crippen LogP contribution in [0.4, 0.5) is 11.4 Å². The van der Waals surface area contributed by atoms with Gasteiger partial charge < -0.3 is 16.0 Å². The Morgan fingerprint density at radius 2 is 2.29 bits per heavy atom. The van der Waals surface area contributed by atoms with E-state index in [1.807, 2.05) is 0 Å². The van der Waals surface area contributed by atoms with E-state index in [9.17, 15) is 0 Å². The molecule has 14 heavy (non-hydrogen) atoms. The van der Waals surface area contributed by atoms with Crippen molar-refractivity contribution in [3.8, 4) is 0 Å². The van der Waals surface area contributed by atoms with Crippen molar-refractivity contribution in [2.45, 2.75) is 13.0 Å². The highest BCUT2D eigenvalue weighted by molar-refractivity contribution is 5.72. The molecule has 1 aliphatic heterocycles. The molecule has 1 aliphatic rings. The quantitative estimate of drug-likeness (QED) is 0.739. The van der Waals surface area contributed by atoms with E-state index in [0.29, 0.717) is 12.6 Å². The minimum Gasteiger partial charge on any atom is -0.382 e. The fourth-order valence-corrected chi connectivity index (χ4v) is 1.89. The molecule has 0 bridgehead atoms. The van der Waals surface area contributed by atoms with Crippen molar-refractivity contribution < 1.29 is 0 Å². The first-order chi connectivity index (χ1) is 6.83. The molecule has 0 amide bonds. The van der Waals surface area contributed by atoms with Crippen LogP contribution in [-0.4, -0.2) is 25.7 Å². The highest BCUT2D eigenvalue weighted by Gasteiger charge is 2.19. The highest BCUT2D eigenvalue weighted by atomic mass is 15.2. The third kappa shape index (κ3) is 1.55. The fraction of sp³-hybridized carbons (Fsp3) is 0.455. The first-order valence-corrected chi connectivity index (χ1v) is 5.12. The Kier molecular flexibility index (Phi) is 2.59. The fourth-order valence-electron chi connectivity index (χ4n) is 1.89. The molecule has 1 atom stereocenters. The molecule has 1 unspecified atom stereocenters. The summed E-state index contributed by atoms with van der Waals surface area (Å²) >= 11 is 0. The highest BCUT2D eigenvalue weighted by Crippen LogP contribution is 2.29. The van der Waals surface area contributed by atoms with Crippen LogP contribution in [0.1, 0.15) is 6.92 Å². The van der Waals surface area contributed by atoms with Crippen LogP contribution in [0.2, 0.25) is 0 Å². The van der Waals surface area contributed by atoms with Crippen molar-refractivity contribution in [2.24, 2.45) is 5.73 Å². The number of para-hydroxylation sites is 2. The van der Waals surface area contributed by atoms with Gasteiger partial charge in [0.25, 0.3) is 0 Å². The molecule has 0 saturated heterocycles. The van der Waals surface area contributed by atoms with E-state index in [1.54, 1.807) is 0 Å². The molecule has 3 nitrogen and oxygen atoms in total. The normalized spacial score (nSPS) is 17.1. The zero-order valence-corrected chi connectivity index (χ0v) is 8.53. The molecule has 3 heteroatoms. The average Bonchev–Trinajstić information content (AvgIpc) is 2.27. The molecule has 1 aromatic carbocycles. The van der Waals surface area contributed by atoms with Crippen LogP contribution < -0.4 is 16.0 Å². The van der Waals surface area contributed by atoms with Gasteiger partial charge in [-0.15, -0.1) is 0 Å². The number of nitrogens with zero attached hydrogens (tertiary/aromatic N) is 1. The van der Waals surface area contributed by atoms with Crippen molar-refractivity contribution in [1.82, 2.24) is 0 Å². The largest absolute Gasteiger partial charge is 0.382 e. The number of benzene rings is 1. The number of nitrogens with two attached hydrogens (primary N) is 1. The molecule has 0 saturated carbocycles. The van der Waals surface area contributed by atoms with E-state index in [1.165, 1.54) is 11.4 Å². The minimum atomic E-state index is 0.415. The summed E-state index contributed by atoms with van der Waals surface area (Å²) < 4.78 is 0. The zero-order chi connectivity index (χ0) is 9.97. The Balaban J connectivity index is 2.30. The van der Waals surface area contributed by atoms with E-state index < -0.39 is 0 Å². The topological polar surface area (TPSA) is 41.3 Å². The van der Waals surface area contributed by atoms with Gasteiger partial charge in [0.05, 0.1) is 11.4 Å². The van der Waals surface area contributed by atoms with Crippen LogP contribution in [0.3, 0.4) is 0 Å². The number of nitrogens with one attached hydrogen (secondary N) is 1. The van der Waals surface area contributed by atoms with Gasteiger partial charge in [0.2, 0.25) is 0 Å². The molecule has 1 aromatic rings. The molecule has 0 aromatic heterocycles. The van der Waals surface area contributed by atoms with Crippen LogP contribution in [0, 0.1) is 0 Å². The lowest BCUT2D eigenvalue weighted by molar-refractivity contribution is 0.641. The molecular formula is C11H17N3. The van der Waals surface area contributed by atoms with E-state index in [2.05, 4.69) is 41.4 Å². The second kappa shape index (κ2) is 3.88. The monoisotopic (exact) mass is 191 g/mol. The summed E-state index contributed by atoms with van der Waals surface area (Å²) in [7, 11) is 0. The van der Waals surface area contributed by atoms with Crippen molar-refractivity contribution in [1.29, 1.82) is 0 Å². The molecule has 0 aliphatic carbocycles. The van der Waals surface area contributed by atoms with Gasteiger partial charge >= 0.3 is 0 Å². The summed E-state index contributed by atoms with van der Waals surface area (Å²) in [4.78, 5) is 2.37. The molecule has 3 N–H and O–H groups in total. The lowest BCUT2D eigenvalue weighted by Gasteiger charge is -2.36. The van der Waals surface area contributed by atoms with Gasteiger partial charge in [0.1, 0.15) is 0 Å². The molecule has 76 valence electrons. The predicted molar refractivity (Wildman–Crippen MR) is 60.8 cm³/mol. The van der Waals surface area contributed by atoms with Gasteiger partial charge in [-0.3, -0.25) is 0 Å². The second-order valence-electron chi connectivity index (χ2n) is 3.72. The van der Waals surface area contributed by atoms with Crippen LogP contribution >= 0.6 is 0 Å². The van der Waals surface area contributed by atoms with Gasteiger partial charge in [-0.05, 0) is 19.1 Å². The summed E-state index contributed by atoms with van der Waals surface area (Å²) in [5.74, 6) is 0. The molecule has 0 spiro atoms. The first-order valence-electron chi connectivity index (χ1n) is 5.12. The summed E-state index contributed by atoms with van der Waals surface area (Å²) in [5.41, 5.74) is 8.19. The summed E-state index contributed by atoms with van der Waals surface area (Å²) in [6, 6.07) is 8.81. The summed E-state index contributed by atoms with van der Waals surface area (Å²) in [6.45, 7) is 4.91. The Bertz CT molecular complexity index is 311. The maximum absolute atomic E-state index is 5.70. The van der Waals surface area contributed by atoms with Gasteiger partial charge in [-0.25, -0.2) is 0 Å². The maximum atomic E-state index is 5.70. The van der Waals surface area contributed by atoms with E-state index in [4.69, 9.17) is 5.73 Å². The Morgan fingerprint density at radius 3 is 3.07 bits per heavy atom. The number of hydrogen-bond donors (Lipinski definition) is 2. The summed E-state index contributed by atoms with van der Waals surface area (Å²) in [6.07, 6.45) is 0. The number of rotatable bonds is 2.